The van der Waals surface area contributed by atoms with Crippen molar-refractivity contribution in [1.29, 1.82) is 0 Å². The van der Waals surface area contributed by atoms with Crippen LogP contribution in [-0.4, -0.2) is 45.9 Å². The highest BCUT2D eigenvalue weighted by Gasteiger charge is 2.26. The third kappa shape index (κ3) is 2.06. The van der Waals surface area contributed by atoms with Crippen LogP contribution in [0.1, 0.15) is 12.8 Å². The molecule has 1 fully saturated rings. The first-order valence-corrected chi connectivity index (χ1v) is 7.13. The van der Waals surface area contributed by atoms with Gasteiger partial charge in [0.25, 0.3) is 0 Å². The van der Waals surface area contributed by atoms with Gasteiger partial charge in [-0.2, -0.15) is 9.61 Å². The van der Waals surface area contributed by atoms with Crippen LogP contribution in [0.5, 0.6) is 0 Å². The molecule has 1 aliphatic rings. The highest BCUT2D eigenvalue weighted by Crippen LogP contribution is 2.28. The van der Waals surface area contributed by atoms with Gasteiger partial charge in [-0.3, -0.25) is 0 Å². The number of anilines is 2. The number of aliphatic hydroxyl groups excluding tert-OH is 1. The van der Waals surface area contributed by atoms with Crippen LogP contribution in [0.4, 0.5) is 11.6 Å². The highest BCUT2D eigenvalue weighted by atomic mass is 79.9. The lowest BCUT2D eigenvalue weighted by Gasteiger charge is -2.24. The summed E-state index contributed by atoms with van der Waals surface area (Å²) in [6.07, 6.45) is 3.84. The molecule has 1 atom stereocenters. The van der Waals surface area contributed by atoms with Gasteiger partial charge in [-0.1, -0.05) is 0 Å². The van der Waals surface area contributed by atoms with Gasteiger partial charge in [0.05, 0.1) is 23.3 Å². The number of nitrogens with one attached hydrogen (secondary N) is 1. The van der Waals surface area contributed by atoms with Gasteiger partial charge in [0.2, 0.25) is 0 Å². The zero-order chi connectivity index (χ0) is 13.4. The summed E-state index contributed by atoms with van der Waals surface area (Å²) >= 11 is 3.46. The van der Waals surface area contributed by atoms with Crippen molar-refractivity contribution in [1.82, 2.24) is 14.6 Å². The summed E-state index contributed by atoms with van der Waals surface area (Å²) < 4.78 is 2.63. The molecule has 19 heavy (non-hydrogen) atoms. The third-order valence-corrected chi connectivity index (χ3v) is 4.11. The summed E-state index contributed by atoms with van der Waals surface area (Å²) in [5.74, 6) is 1.77. The molecule has 102 valence electrons. The molecular formula is C12H16BrN5O. The maximum absolute atomic E-state index is 9.44. The van der Waals surface area contributed by atoms with Crippen molar-refractivity contribution >= 4 is 33.2 Å². The Morgan fingerprint density at radius 1 is 1.58 bits per heavy atom. The standard InChI is InChI=1S/C12H16BrN5O/c1-14-10-5-11(17-4-2-3-8(17)7-19)16-12-9(13)6-15-18(10)12/h5-6,8,14,19H,2-4,7H2,1H3. The van der Waals surface area contributed by atoms with Crippen LogP contribution in [0.25, 0.3) is 5.65 Å². The van der Waals surface area contributed by atoms with E-state index in [0.717, 1.165) is 41.1 Å². The van der Waals surface area contributed by atoms with Gasteiger partial charge < -0.3 is 15.3 Å². The fraction of sp³-hybridized carbons (Fsp3) is 0.500. The molecule has 3 rings (SSSR count). The Kier molecular flexibility index (Phi) is 3.32. The summed E-state index contributed by atoms with van der Waals surface area (Å²) in [6, 6.07) is 2.14. The van der Waals surface area contributed by atoms with Gasteiger partial charge in [0, 0.05) is 19.7 Å². The molecule has 2 N–H and O–H groups in total. The van der Waals surface area contributed by atoms with Crippen LogP contribution >= 0.6 is 15.9 Å². The quantitative estimate of drug-likeness (QED) is 0.895. The Morgan fingerprint density at radius 3 is 3.16 bits per heavy atom. The van der Waals surface area contributed by atoms with Crippen LogP contribution < -0.4 is 10.2 Å². The van der Waals surface area contributed by atoms with Crippen molar-refractivity contribution in [2.75, 3.05) is 30.4 Å². The summed E-state index contributed by atoms with van der Waals surface area (Å²) in [4.78, 5) is 6.82. The Morgan fingerprint density at radius 2 is 2.42 bits per heavy atom. The smallest absolute Gasteiger partial charge is 0.173 e. The first-order chi connectivity index (χ1) is 9.24. The van der Waals surface area contributed by atoms with Crippen LogP contribution in [0.3, 0.4) is 0 Å². The van der Waals surface area contributed by atoms with E-state index in [1.54, 1.807) is 10.7 Å². The fourth-order valence-corrected chi connectivity index (χ4v) is 2.92. The van der Waals surface area contributed by atoms with E-state index in [0.29, 0.717) is 0 Å². The lowest BCUT2D eigenvalue weighted by atomic mass is 10.2. The van der Waals surface area contributed by atoms with Crippen LogP contribution in [0.15, 0.2) is 16.7 Å². The highest BCUT2D eigenvalue weighted by molar-refractivity contribution is 9.10. The second kappa shape index (κ2) is 4.97. The number of hydrogen-bond acceptors (Lipinski definition) is 5. The number of halogens is 1. The van der Waals surface area contributed by atoms with Gasteiger partial charge in [0.15, 0.2) is 5.65 Å². The van der Waals surface area contributed by atoms with Crippen molar-refractivity contribution in [2.24, 2.45) is 0 Å². The minimum absolute atomic E-state index is 0.168. The SMILES string of the molecule is CNc1cc(N2CCCC2CO)nc2c(Br)cnn12. The predicted octanol–water partition coefficient (Wildman–Crippen LogP) is 1.49. The molecule has 6 nitrogen and oxygen atoms in total. The second-order valence-corrected chi connectivity index (χ2v) is 5.50. The van der Waals surface area contributed by atoms with Crippen LogP contribution in [0, 0.1) is 0 Å². The Balaban J connectivity index is 2.11. The molecule has 7 heteroatoms. The summed E-state index contributed by atoms with van der Waals surface area (Å²) in [6.45, 7) is 1.10. The average Bonchev–Trinajstić information content (AvgIpc) is 3.04. The molecule has 0 spiro atoms. The van der Waals surface area contributed by atoms with Crippen molar-refractivity contribution in [3.63, 3.8) is 0 Å². The van der Waals surface area contributed by atoms with Crippen molar-refractivity contribution in [3.8, 4) is 0 Å². The molecule has 0 aliphatic carbocycles. The fourth-order valence-electron chi connectivity index (χ4n) is 2.58. The molecule has 1 unspecified atom stereocenters. The number of aromatic nitrogens is 3. The minimum Gasteiger partial charge on any atom is -0.394 e. The molecule has 3 heterocycles. The molecule has 0 saturated carbocycles. The maximum Gasteiger partial charge on any atom is 0.173 e. The molecular weight excluding hydrogens is 310 g/mol. The van der Waals surface area contributed by atoms with E-state index in [1.165, 1.54) is 0 Å². The van der Waals surface area contributed by atoms with Gasteiger partial charge >= 0.3 is 0 Å². The molecule has 0 radical (unpaired) electrons. The van der Waals surface area contributed by atoms with Gasteiger partial charge in [-0.15, -0.1) is 0 Å². The molecule has 0 amide bonds. The lowest BCUT2D eigenvalue weighted by Crippen LogP contribution is -2.32. The monoisotopic (exact) mass is 325 g/mol. The topological polar surface area (TPSA) is 65.7 Å². The van der Waals surface area contributed by atoms with Crippen molar-refractivity contribution in [3.05, 3.63) is 16.7 Å². The van der Waals surface area contributed by atoms with E-state index < -0.39 is 0 Å². The van der Waals surface area contributed by atoms with Gasteiger partial charge in [-0.25, -0.2) is 4.98 Å². The van der Waals surface area contributed by atoms with E-state index in [-0.39, 0.29) is 12.6 Å². The molecule has 0 aromatic carbocycles. The Bertz CT molecular complexity index is 599. The van der Waals surface area contributed by atoms with Crippen LogP contribution in [0.2, 0.25) is 0 Å². The number of hydrogen-bond donors (Lipinski definition) is 2. The number of nitrogens with zero attached hydrogens (tertiary/aromatic N) is 4. The maximum atomic E-state index is 9.44. The van der Waals surface area contributed by atoms with E-state index in [4.69, 9.17) is 0 Å². The molecule has 2 aromatic rings. The van der Waals surface area contributed by atoms with Crippen molar-refractivity contribution < 1.29 is 5.11 Å². The van der Waals surface area contributed by atoms with Crippen LogP contribution in [-0.2, 0) is 0 Å². The Hall–Kier alpha value is -1.34. The number of aliphatic hydroxyl groups is 1. The minimum atomic E-state index is 0.168. The summed E-state index contributed by atoms with van der Waals surface area (Å²) in [5, 5.41) is 16.8. The van der Waals surface area contributed by atoms with Crippen molar-refractivity contribution in [2.45, 2.75) is 18.9 Å². The first kappa shape index (κ1) is 12.7. The number of rotatable bonds is 3. The first-order valence-electron chi connectivity index (χ1n) is 6.34. The largest absolute Gasteiger partial charge is 0.394 e. The van der Waals surface area contributed by atoms with Gasteiger partial charge in [-0.05, 0) is 28.8 Å². The zero-order valence-electron chi connectivity index (χ0n) is 10.7. The van der Waals surface area contributed by atoms with Gasteiger partial charge in [0.1, 0.15) is 11.6 Å². The molecule has 1 saturated heterocycles. The van der Waals surface area contributed by atoms with E-state index in [9.17, 15) is 5.11 Å². The van der Waals surface area contributed by atoms with E-state index in [1.807, 2.05) is 13.1 Å². The molecule has 2 aromatic heterocycles. The molecule has 1 aliphatic heterocycles. The second-order valence-electron chi connectivity index (χ2n) is 4.65. The Labute approximate surface area is 119 Å². The zero-order valence-corrected chi connectivity index (χ0v) is 12.3. The summed E-state index contributed by atoms with van der Waals surface area (Å²) in [7, 11) is 1.86. The molecule has 0 bridgehead atoms. The van der Waals surface area contributed by atoms with E-state index >= 15 is 0 Å². The normalized spacial score (nSPS) is 19.3. The average molecular weight is 326 g/mol. The summed E-state index contributed by atoms with van der Waals surface area (Å²) in [5.41, 5.74) is 0.783. The van der Waals surface area contributed by atoms with E-state index in [2.05, 4.69) is 36.2 Å². The lowest BCUT2D eigenvalue weighted by molar-refractivity contribution is 0.266. The third-order valence-electron chi connectivity index (χ3n) is 3.55. The predicted molar refractivity (Wildman–Crippen MR) is 77.7 cm³/mol. The number of fused-ring (bicyclic) bond motifs is 1.